The maximum absolute atomic E-state index is 12.9. The number of primary amides is 1. The minimum absolute atomic E-state index is 0.00511. The van der Waals surface area contributed by atoms with Crippen LogP contribution in [0.1, 0.15) is 32.4 Å². The number of carboxylic acids is 1. The molecule has 1 aromatic rings. The molecule has 0 radical (unpaired) electrons. The Labute approximate surface area is 178 Å². The monoisotopic (exact) mass is 439 g/mol. The SMILES string of the molecule is CC(C)CC(NC(=O)C(Cc1cnc[nH]1)NC(=O)C(N)CC(N)=O)C(=O)NCC(=O)O. The summed E-state index contributed by atoms with van der Waals surface area (Å²) in [5.74, 6) is -4.12. The van der Waals surface area contributed by atoms with Gasteiger partial charge in [-0.2, -0.15) is 0 Å². The van der Waals surface area contributed by atoms with Crippen molar-refractivity contribution in [2.24, 2.45) is 17.4 Å². The van der Waals surface area contributed by atoms with Crippen molar-refractivity contribution in [1.29, 1.82) is 0 Å². The molecule has 0 bridgehead atoms. The number of carbonyl (C=O) groups excluding carboxylic acids is 4. The molecule has 3 unspecified atom stereocenters. The minimum Gasteiger partial charge on any atom is -0.480 e. The lowest BCUT2D eigenvalue weighted by Gasteiger charge is -2.24. The summed E-state index contributed by atoms with van der Waals surface area (Å²) < 4.78 is 0. The summed E-state index contributed by atoms with van der Waals surface area (Å²) in [7, 11) is 0. The predicted molar refractivity (Wildman–Crippen MR) is 108 cm³/mol. The van der Waals surface area contributed by atoms with Gasteiger partial charge in [0.1, 0.15) is 18.6 Å². The van der Waals surface area contributed by atoms with E-state index in [1.54, 1.807) is 0 Å². The molecule has 0 aliphatic carbocycles. The maximum Gasteiger partial charge on any atom is 0.322 e. The van der Waals surface area contributed by atoms with Crippen molar-refractivity contribution in [1.82, 2.24) is 25.9 Å². The first-order chi connectivity index (χ1) is 14.5. The van der Waals surface area contributed by atoms with Crippen LogP contribution in [-0.4, -0.2) is 69.3 Å². The van der Waals surface area contributed by atoms with E-state index in [0.29, 0.717) is 5.69 Å². The average molecular weight is 439 g/mol. The first-order valence-electron chi connectivity index (χ1n) is 9.61. The molecule has 172 valence electrons. The molecule has 0 spiro atoms. The van der Waals surface area contributed by atoms with Crippen LogP contribution in [0.25, 0.3) is 0 Å². The highest BCUT2D eigenvalue weighted by Crippen LogP contribution is 2.07. The molecule has 0 aliphatic rings. The molecular formula is C18H29N7O6. The third-order valence-electron chi connectivity index (χ3n) is 4.12. The van der Waals surface area contributed by atoms with Crippen LogP contribution in [0.3, 0.4) is 0 Å². The number of nitrogens with zero attached hydrogens (tertiary/aromatic N) is 1. The van der Waals surface area contributed by atoms with Crippen molar-refractivity contribution in [2.75, 3.05) is 6.54 Å². The second-order valence-electron chi connectivity index (χ2n) is 7.42. The van der Waals surface area contributed by atoms with Crippen LogP contribution < -0.4 is 27.4 Å². The van der Waals surface area contributed by atoms with Crippen molar-refractivity contribution < 1.29 is 29.1 Å². The van der Waals surface area contributed by atoms with Gasteiger partial charge in [-0.25, -0.2) is 4.98 Å². The summed E-state index contributed by atoms with van der Waals surface area (Å²) in [6, 6.07) is -3.42. The van der Waals surface area contributed by atoms with Gasteiger partial charge in [-0.15, -0.1) is 0 Å². The van der Waals surface area contributed by atoms with Crippen LogP contribution in [0.2, 0.25) is 0 Å². The predicted octanol–water partition coefficient (Wildman–Crippen LogP) is -2.63. The van der Waals surface area contributed by atoms with Gasteiger partial charge in [-0.3, -0.25) is 24.0 Å². The average Bonchev–Trinajstić information content (AvgIpc) is 3.17. The second-order valence-corrected chi connectivity index (χ2v) is 7.42. The summed E-state index contributed by atoms with van der Waals surface area (Å²) in [6.07, 6.45) is 2.69. The van der Waals surface area contributed by atoms with Gasteiger partial charge in [0.25, 0.3) is 0 Å². The summed E-state index contributed by atoms with van der Waals surface area (Å²) >= 11 is 0. The van der Waals surface area contributed by atoms with Gasteiger partial charge in [-0.05, 0) is 12.3 Å². The number of imidazole rings is 1. The largest absolute Gasteiger partial charge is 0.480 e. The van der Waals surface area contributed by atoms with Gasteiger partial charge in [0.15, 0.2) is 0 Å². The Kier molecular flexibility index (Phi) is 10.1. The first kappa shape index (κ1) is 25.6. The Morgan fingerprint density at radius 3 is 2.26 bits per heavy atom. The third kappa shape index (κ3) is 9.71. The number of aromatic nitrogens is 2. The van der Waals surface area contributed by atoms with E-state index in [2.05, 4.69) is 25.9 Å². The number of hydrogen-bond donors (Lipinski definition) is 7. The summed E-state index contributed by atoms with van der Waals surface area (Å²) in [4.78, 5) is 65.9. The molecule has 0 aromatic carbocycles. The highest BCUT2D eigenvalue weighted by Gasteiger charge is 2.29. The first-order valence-corrected chi connectivity index (χ1v) is 9.61. The number of carboxylic acid groups (broad SMARTS) is 1. The van der Waals surface area contributed by atoms with Crippen LogP contribution in [0.4, 0.5) is 0 Å². The van der Waals surface area contributed by atoms with Gasteiger partial charge >= 0.3 is 5.97 Å². The minimum atomic E-state index is -1.25. The summed E-state index contributed by atoms with van der Waals surface area (Å²) in [6.45, 7) is 3.06. The molecule has 4 amide bonds. The molecule has 13 nitrogen and oxygen atoms in total. The number of H-pyrrole nitrogens is 1. The molecule has 1 aromatic heterocycles. The van der Waals surface area contributed by atoms with Crippen molar-refractivity contribution in [3.05, 3.63) is 18.2 Å². The number of hydrogen-bond acceptors (Lipinski definition) is 7. The van der Waals surface area contributed by atoms with E-state index in [1.165, 1.54) is 12.5 Å². The molecule has 31 heavy (non-hydrogen) atoms. The molecule has 3 atom stereocenters. The number of nitrogens with two attached hydrogens (primary N) is 2. The molecule has 0 fully saturated rings. The van der Waals surface area contributed by atoms with Gasteiger partial charge in [-0.1, -0.05) is 13.8 Å². The summed E-state index contributed by atoms with van der Waals surface area (Å²) in [5, 5.41) is 16.0. The standard InChI is InChI=1S/C18H29N7O6/c1-9(2)3-12(17(30)22-7-15(27)28)25-18(31)13(4-10-6-21-8-23-10)24-16(29)11(19)5-14(20)26/h6,8-9,11-13H,3-5,7,19H2,1-2H3,(H2,20,26)(H,21,23)(H,22,30)(H,24,29)(H,25,31)(H,27,28). The molecule has 0 aliphatic heterocycles. The molecule has 0 saturated carbocycles. The number of amides is 4. The number of nitrogens with one attached hydrogen (secondary N) is 4. The van der Waals surface area contributed by atoms with Gasteiger partial charge < -0.3 is 37.5 Å². The molecule has 9 N–H and O–H groups in total. The van der Waals surface area contributed by atoms with E-state index >= 15 is 0 Å². The fourth-order valence-corrected chi connectivity index (χ4v) is 2.67. The zero-order valence-electron chi connectivity index (χ0n) is 17.4. The number of rotatable bonds is 13. The van der Waals surface area contributed by atoms with Crippen molar-refractivity contribution in [3.8, 4) is 0 Å². The smallest absolute Gasteiger partial charge is 0.322 e. The molecule has 1 rings (SSSR count). The number of aliphatic carboxylic acids is 1. The molecular weight excluding hydrogens is 410 g/mol. The van der Waals surface area contributed by atoms with Crippen LogP contribution in [0.5, 0.6) is 0 Å². The van der Waals surface area contributed by atoms with E-state index < -0.39 is 60.7 Å². The van der Waals surface area contributed by atoms with E-state index in [1.807, 2.05) is 13.8 Å². The lowest BCUT2D eigenvalue weighted by Crippen LogP contribution is -2.57. The van der Waals surface area contributed by atoms with E-state index in [-0.39, 0.29) is 18.8 Å². The van der Waals surface area contributed by atoms with Crippen LogP contribution >= 0.6 is 0 Å². The fraction of sp³-hybridized carbons (Fsp3) is 0.556. The highest BCUT2D eigenvalue weighted by atomic mass is 16.4. The molecule has 0 saturated heterocycles. The Morgan fingerprint density at radius 1 is 1.10 bits per heavy atom. The van der Waals surface area contributed by atoms with Crippen LogP contribution in [0.15, 0.2) is 12.5 Å². The van der Waals surface area contributed by atoms with Gasteiger partial charge in [0.05, 0.1) is 18.8 Å². The fourth-order valence-electron chi connectivity index (χ4n) is 2.67. The third-order valence-corrected chi connectivity index (χ3v) is 4.12. The topological polar surface area (TPSA) is 222 Å². The Bertz CT molecular complexity index is 780. The Hall–Kier alpha value is -3.48. The van der Waals surface area contributed by atoms with Crippen LogP contribution in [-0.2, 0) is 30.4 Å². The Morgan fingerprint density at radius 2 is 1.74 bits per heavy atom. The van der Waals surface area contributed by atoms with E-state index in [9.17, 15) is 24.0 Å². The molecule has 1 heterocycles. The number of aromatic amines is 1. The zero-order valence-corrected chi connectivity index (χ0v) is 17.4. The van der Waals surface area contributed by atoms with E-state index in [0.717, 1.165) is 0 Å². The zero-order chi connectivity index (χ0) is 23.6. The van der Waals surface area contributed by atoms with Gasteiger partial charge in [0.2, 0.25) is 23.6 Å². The second kappa shape index (κ2) is 12.3. The quantitative estimate of drug-likeness (QED) is 0.172. The van der Waals surface area contributed by atoms with Crippen molar-refractivity contribution >= 4 is 29.6 Å². The van der Waals surface area contributed by atoms with Crippen LogP contribution in [0, 0.1) is 5.92 Å². The summed E-state index contributed by atoms with van der Waals surface area (Å²) in [5.41, 5.74) is 11.2. The lowest BCUT2D eigenvalue weighted by molar-refractivity contribution is -0.138. The Balaban J connectivity index is 2.96. The van der Waals surface area contributed by atoms with E-state index in [4.69, 9.17) is 16.6 Å². The van der Waals surface area contributed by atoms with Gasteiger partial charge in [0, 0.05) is 18.3 Å². The molecule has 13 heteroatoms. The van der Waals surface area contributed by atoms with Crippen molar-refractivity contribution in [2.45, 2.75) is 51.2 Å². The normalized spacial score (nSPS) is 13.7. The highest BCUT2D eigenvalue weighted by molar-refractivity contribution is 5.94. The van der Waals surface area contributed by atoms with Crippen molar-refractivity contribution in [3.63, 3.8) is 0 Å². The maximum atomic E-state index is 12.9. The lowest BCUT2D eigenvalue weighted by atomic mass is 10.0. The number of carbonyl (C=O) groups is 5.